The van der Waals surface area contributed by atoms with Crippen molar-refractivity contribution in [3.63, 3.8) is 0 Å². The molecule has 0 atom stereocenters. The normalized spacial score (nSPS) is 16.6. The lowest BCUT2D eigenvalue weighted by Gasteiger charge is -2.38. The van der Waals surface area contributed by atoms with E-state index in [1.807, 2.05) is 38.4 Å². The van der Waals surface area contributed by atoms with Crippen LogP contribution in [0, 0.1) is 5.92 Å². The standard InChI is InChI=1S/C27H38N4O3.C2H6/c1-5-6-20-7-8-25(29-16-20)30-22-15-24(27(11-12-27)26(32)33-4)28-17-23(22)31(18-19(2)3)21-9-13-34-14-10-21;1-2/h7-8,15-17,19,21H,5-6,9-14,18H2,1-4H3,(H,28,29,30);1-2H3. The molecule has 2 aromatic heterocycles. The van der Waals surface area contributed by atoms with Gasteiger partial charge in [0.2, 0.25) is 0 Å². The molecule has 7 heteroatoms. The number of hydrogen-bond donors (Lipinski definition) is 1. The first-order chi connectivity index (χ1) is 17.5. The number of pyridine rings is 2. The molecule has 1 aliphatic carbocycles. The van der Waals surface area contributed by atoms with E-state index in [0.29, 0.717) is 12.0 Å². The Hall–Kier alpha value is -2.67. The Balaban J connectivity index is 0.00000176. The van der Waals surface area contributed by atoms with Crippen molar-refractivity contribution in [2.24, 2.45) is 5.92 Å². The van der Waals surface area contributed by atoms with Gasteiger partial charge in [-0.15, -0.1) is 0 Å². The van der Waals surface area contributed by atoms with E-state index in [4.69, 9.17) is 14.5 Å². The van der Waals surface area contributed by atoms with Gasteiger partial charge in [-0.05, 0) is 55.7 Å². The number of ether oxygens (including phenoxy) is 2. The minimum absolute atomic E-state index is 0.204. The number of rotatable bonds is 10. The second-order valence-electron chi connectivity index (χ2n) is 9.98. The van der Waals surface area contributed by atoms with Crippen LogP contribution in [-0.4, -0.2) is 48.8 Å². The van der Waals surface area contributed by atoms with Crippen molar-refractivity contribution in [3.8, 4) is 0 Å². The molecule has 3 heterocycles. The quantitative estimate of drug-likeness (QED) is 0.402. The second kappa shape index (κ2) is 13.0. The minimum Gasteiger partial charge on any atom is -0.468 e. The topological polar surface area (TPSA) is 76.6 Å². The Labute approximate surface area is 217 Å². The summed E-state index contributed by atoms with van der Waals surface area (Å²) in [4.78, 5) is 24.5. The highest BCUT2D eigenvalue weighted by Gasteiger charge is 2.54. The summed E-state index contributed by atoms with van der Waals surface area (Å²) in [6.07, 6.45) is 9.51. The molecule has 0 aromatic carbocycles. The van der Waals surface area contributed by atoms with Crippen LogP contribution in [-0.2, 0) is 26.1 Å². The van der Waals surface area contributed by atoms with Crippen LogP contribution in [0.3, 0.4) is 0 Å². The highest BCUT2D eigenvalue weighted by atomic mass is 16.5. The lowest BCUT2D eigenvalue weighted by molar-refractivity contribution is -0.143. The molecular formula is C29H44N4O3. The van der Waals surface area contributed by atoms with Crippen LogP contribution in [0.5, 0.6) is 0 Å². The van der Waals surface area contributed by atoms with Gasteiger partial charge in [-0.25, -0.2) is 4.98 Å². The van der Waals surface area contributed by atoms with Crippen LogP contribution in [0.1, 0.15) is 78.0 Å². The number of aryl methyl sites for hydroxylation is 1. The Kier molecular flexibility index (Phi) is 10.1. The Morgan fingerprint density at radius 1 is 1.19 bits per heavy atom. The van der Waals surface area contributed by atoms with Crippen molar-refractivity contribution in [2.45, 2.75) is 84.6 Å². The molecule has 1 aliphatic heterocycles. The van der Waals surface area contributed by atoms with Gasteiger partial charge in [0.05, 0.1) is 30.4 Å². The number of esters is 1. The van der Waals surface area contributed by atoms with Crippen LogP contribution in [0.15, 0.2) is 30.6 Å². The first kappa shape index (κ1) is 27.9. The van der Waals surface area contributed by atoms with E-state index < -0.39 is 5.41 Å². The highest BCUT2D eigenvalue weighted by Crippen LogP contribution is 2.49. The number of methoxy groups -OCH3 is 1. The van der Waals surface area contributed by atoms with Gasteiger partial charge in [0.25, 0.3) is 0 Å². The molecule has 2 aliphatic rings. The first-order valence-corrected chi connectivity index (χ1v) is 13.6. The fourth-order valence-corrected chi connectivity index (χ4v) is 4.83. The summed E-state index contributed by atoms with van der Waals surface area (Å²) < 4.78 is 10.8. The summed E-state index contributed by atoms with van der Waals surface area (Å²) in [6, 6.07) is 6.58. The molecule has 7 nitrogen and oxygen atoms in total. The predicted octanol–water partition coefficient (Wildman–Crippen LogP) is 6.04. The van der Waals surface area contributed by atoms with Crippen molar-refractivity contribution in [3.05, 3.63) is 41.9 Å². The van der Waals surface area contributed by atoms with Crippen LogP contribution in [0.25, 0.3) is 0 Å². The maximum atomic E-state index is 12.6. The molecule has 0 radical (unpaired) electrons. The third-order valence-electron chi connectivity index (χ3n) is 6.83. The fraction of sp³-hybridized carbons (Fsp3) is 0.621. The molecule has 0 spiro atoms. The zero-order chi connectivity index (χ0) is 26.1. The summed E-state index contributed by atoms with van der Waals surface area (Å²) in [6.45, 7) is 13.1. The largest absolute Gasteiger partial charge is 0.468 e. The first-order valence-electron chi connectivity index (χ1n) is 13.6. The average Bonchev–Trinajstić information content (AvgIpc) is 3.72. The number of nitrogens with one attached hydrogen (secondary N) is 1. The molecule has 198 valence electrons. The maximum Gasteiger partial charge on any atom is 0.317 e. The molecule has 1 N–H and O–H groups in total. The van der Waals surface area contributed by atoms with Crippen molar-refractivity contribution < 1.29 is 14.3 Å². The van der Waals surface area contributed by atoms with Crippen molar-refractivity contribution in [1.29, 1.82) is 0 Å². The van der Waals surface area contributed by atoms with Crippen LogP contribution >= 0.6 is 0 Å². The smallest absolute Gasteiger partial charge is 0.317 e. The van der Waals surface area contributed by atoms with E-state index in [1.165, 1.54) is 12.7 Å². The van der Waals surface area contributed by atoms with Gasteiger partial charge in [0.15, 0.2) is 0 Å². The maximum absolute atomic E-state index is 12.6. The van der Waals surface area contributed by atoms with Crippen LogP contribution in [0.2, 0.25) is 0 Å². The predicted molar refractivity (Wildman–Crippen MR) is 146 cm³/mol. The number of carbonyl (C=O) groups excluding carboxylic acids is 1. The summed E-state index contributed by atoms with van der Waals surface area (Å²) in [5.74, 6) is 1.08. The number of anilines is 3. The van der Waals surface area contributed by atoms with E-state index in [-0.39, 0.29) is 5.97 Å². The van der Waals surface area contributed by atoms with Gasteiger partial charge in [-0.2, -0.15) is 0 Å². The molecule has 36 heavy (non-hydrogen) atoms. The SMILES string of the molecule is CC.CCCc1ccc(Nc2cc(C3(C(=O)OC)CC3)ncc2N(CC(C)C)C2CCOCC2)nc1. The van der Waals surface area contributed by atoms with E-state index in [2.05, 4.69) is 42.0 Å². The number of hydrogen-bond acceptors (Lipinski definition) is 7. The van der Waals surface area contributed by atoms with E-state index in [1.54, 1.807) is 0 Å². The van der Waals surface area contributed by atoms with Gasteiger partial charge in [0.1, 0.15) is 11.2 Å². The third kappa shape index (κ3) is 6.55. The molecule has 4 rings (SSSR count). The van der Waals surface area contributed by atoms with Crippen LogP contribution < -0.4 is 10.2 Å². The number of aromatic nitrogens is 2. The van der Waals surface area contributed by atoms with Crippen molar-refractivity contribution >= 4 is 23.2 Å². The lowest BCUT2D eigenvalue weighted by Crippen LogP contribution is -2.42. The Morgan fingerprint density at radius 2 is 1.92 bits per heavy atom. The monoisotopic (exact) mass is 496 g/mol. The van der Waals surface area contributed by atoms with E-state index in [9.17, 15) is 4.79 Å². The summed E-state index contributed by atoms with van der Waals surface area (Å²) in [5, 5.41) is 3.56. The van der Waals surface area contributed by atoms with Crippen molar-refractivity contribution in [1.82, 2.24) is 9.97 Å². The summed E-state index contributed by atoms with van der Waals surface area (Å²) in [7, 11) is 1.45. The third-order valence-corrected chi connectivity index (χ3v) is 6.83. The van der Waals surface area contributed by atoms with Crippen LogP contribution in [0.4, 0.5) is 17.2 Å². The minimum atomic E-state index is -0.621. The van der Waals surface area contributed by atoms with Gasteiger partial charge >= 0.3 is 5.97 Å². The van der Waals surface area contributed by atoms with Gasteiger partial charge in [0, 0.05) is 32.0 Å². The molecule has 2 fully saturated rings. The van der Waals surface area contributed by atoms with E-state index in [0.717, 1.165) is 81.2 Å². The second-order valence-corrected chi connectivity index (χ2v) is 9.98. The zero-order valence-electron chi connectivity index (χ0n) is 23.0. The van der Waals surface area contributed by atoms with E-state index >= 15 is 0 Å². The summed E-state index contributed by atoms with van der Waals surface area (Å²) in [5.41, 5.74) is 3.36. The molecule has 0 bridgehead atoms. The molecular weight excluding hydrogens is 452 g/mol. The zero-order valence-corrected chi connectivity index (χ0v) is 23.0. The molecule has 0 unspecified atom stereocenters. The Morgan fingerprint density at radius 3 is 2.47 bits per heavy atom. The average molecular weight is 497 g/mol. The highest BCUT2D eigenvalue weighted by molar-refractivity contribution is 5.87. The molecule has 0 amide bonds. The fourth-order valence-electron chi connectivity index (χ4n) is 4.83. The van der Waals surface area contributed by atoms with Gasteiger partial charge in [-0.3, -0.25) is 9.78 Å². The molecule has 1 saturated carbocycles. The van der Waals surface area contributed by atoms with Gasteiger partial charge in [-0.1, -0.05) is 47.1 Å². The molecule has 1 saturated heterocycles. The van der Waals surface area contributed by atoms with Gasteiger partial charge < -0.3 is 19.7 Å². The number of nitrogens with zero attached hydrogens (tertiary/aromatic N) is 3. The summed E-state index contributed by atoms with van der Waals surface area (Å²) >= 11 is 0. The van der Waals surface area contributed by atoms with Crippen molar-refractivity contribution in [2.75, 3.05) is 37.1 Å². The molecule has 2 aromatic rings. The number of carbonyl (C=O) groups is 1. The lowest BCUT2D eigenvalue weighted by atomic mass is 9.99. The Bertz CT molecular complexity index is 967.